The number of carbonyl (C=O) groups excluding carboxylic acids is 1. The topological polar surface area (TPSA) is 60.8 Å². The van der Waals surface area contributed by atoms with Crippen LogP contribution in [0.3, 0.4) is 0 Å². The molecular formula is C21H23NO3. The predicted molar refractivity (Wildman–Crippen MR) is 95.2 cm³/mol. The van der Waals surface area contributed by atoms with Gasteiger partial charge in [-0.15, -0.1) is 0 Å². The van der Waals surface area contributed by atoms with E-state index < -0.39 is 5.60 Å². The third-order valence-electron chi connectivity index (χ3n) is 5.62. The van der Waals surface area contributed by atoms with Gasteiger partial charge in [-0.05, 0) is 36.1 Å². The first-order valence-electron chi connectivity index (χ1n) is 8.76. The molecule has 0 bridgehead atoms. The van der Waals surface area contributed by atoms with E-state index in [4.69, 9.17) is 0 Å². The third kappa shape index (κ3) is 3.08. The van der Waals surface area contributed by atoms with Gasteiger partial charge in [-0.3, -0.25) is 4.90 Å². The molecule has 1 atom stereocenters. The maximum atomic E-state index is 11.6. The van der Waals surface area contributed by atoms with E-state index in [1.54, 1.807) is 24.3 Å². The highest BCUT2D eigenvalue weighted by Gasteiger charge is 2.59. The Kier molecular flexibility index (Phi) is 3.89. The zero-order valence-corrected chi connectivity index (χ0v) is 14.1. The van der Waals surface area contributed by atoms with Crippen molar-refractivity contribution in [3.63, 3.8) is 0 Å². The molecule has 2 aromatic rings. The Bertz CT molecular complexity index is 742. The van der Waals surface area contributed by atoms with Gasteiger partial charge in [0.15, 0.2) is 0 Å². The number of aliphatic hydroxyl groups is 1. The van der Waals surface area contributed by atoms with Gasteiger partial charge in [0, 0.05) is 24.9 Å². The van der Waals surface area contributed by atoms with Gasteiger partial charge in [-0.1, -0.05) is 42.5 Å². The number of phenols is 1. The molecule has 0 amide bonds. The van der Waals surface area contributed by atoms with E-state index in [-0.39, 0.29) is 17.2 Å². The van der Waals surface area contributed by atoms with Crippen LogP contribution in [0.5, 0.6) is 5.75 Å². The van der Waals surface area contributed by atoms with E-state index in [0.717, 1.165) is 37.8 Å². The molecule has 0 aromatic heterocycles. The van der Waals surface area contributed by atoms with Crippen LogP contribution in [-0.4, -0.2) is 40.1 Å². The molecule has 0 radical (unpaired) electrons. The van der Waals surface area contributed by atoms with Crippen LogP contribution in [-0.2, 0) is 11.2 Å². The van der Waals surface area contributed by atoms with Gasteiger partial charge in [0.1, 0.15) is 12.0 Å². The SMILES string of the molecule is O=CC(c1ccc(O)cc1)N1CC2(C1)CC(O)(Cc1ccccc1)C2. The third-order valence-corrected chi connectivity index (χ3v) is 5.62. The molecule has 2 aliphatic rings. The molecule has 2 aromatic carbocycles. The summed E-state index contributed by atoms with van der Waals surface area (Å²) in [5.74, 6) is 0.207. The molecule has 4 heteroatoms. The summed E-state index contributed by atoms with van der Waals surface area (Å²) in [6.45, 7) is 1.68. The van der Waals surface area contributed by atoms with Crippen LogP contribution in [0.4, 0.5) is 0 Å². The Morgan fingerprint density at radius 2 is 1.68 bits per heavy atom. The van der Waals surface area contributed by atoms with Crippen molar-refractivity contribution in [1.82, 2.24) is 4.90 Å². The molecule has 2 fully saturated rings. The zero-order valence-electron chi connectivity index (χ0n) is 14.1. The number of aldehydes is 1. The maximum absolute atomic E-state index is 11.6. The van der Waals surface area contributed by atoms with E-state index >= 15 is 0 Å². The first-order chi connectivity index (χ1) is 12.0. The smallest absolute Gasteiger partial charge is 0.141 e. The minimum absolute atomic E-state index is 0.154. The van der Waals surface area contributed by atoms with Gasteiger partial charge in [0.05, 0.1) is 11.6 Å². The van der Waals surface area contributed by atoms with E-state index in [1.807, 2.05) is 18.2 Å². The van der Waals surface area contributed by atoms with Crippen LogP contribution in [0.1, 0.15) is 30.0 Å². The Labute approximate surface area is 147 Å². The summed E-state index contributed by atoms with van der Waals surface area (Å²) in [5.41, 5.74) is 1.62. The fourth-order valence-corrected chi connectivity index (χ4v) is 4.73. The second-order valence-electron chi connectivity index (χ2n) is 7.82. The lowest BCUT2D eigenvalue weighted by Crippen LogP contribution is -2.69. The molecule has 2 N–H and O–H groups in total. The van der Waals surface area contributed by atoms with Crippen LogP contribution in [0.2, 0.25) is 0 Å². The number of phenolic OH excluding ortho intramolecular Hbond substituents is 1. The number of hydrogen-bond acceptors (Lipinski definition) is 4. The minimum atomic E-state index is -0.608. The van der Waals surface area contributed by atoms with Crippen LogP contribution in [0, 0.1) is 5.41 Å². The predicted octanol–water partition coefficient (Wildman–Crippen LogP) is 2.70. The molecule has 4 rings (SSSR count). The summed E-state index contributed by atoms with van der Waals surface area (Å²) in [6.07, 6.45) is 3.26. The number of likely N-dealkylation sites (tertiary alicyclic amines) is 1. The Balaban J connectivity index is 1.36. The van der Waals surface area contributed by atoms with Gasteiger partial charge in [0.2, 0.25) is 0 Å². The minimum Gasteiger partial charge on any atom is -0.508 e. The van der Waals surface area contributed by atoms with E-state index in [2.05, 4.69) is 17.0 Å². The van der Waals surface area contributed by atoms with Gasteiger partial charge in [0.25, 0.3) is 0 Å². The van der Waals surface area contributed by atoms with Crippen LogP contribution in [0.15, 0.2) is 54.6 Å². The second-order valence-corrected chi connectivity index (χ2v) is 7.82. The second kappa shape index (κ2) is 5.97. The molecule has 1 aliphatic carbocycles. The normalized spacial score (nSPS) is 22.0. The van der Waals surface area contributed by atoms with Gasteiger partial charge < -0.3 is 15.0 Å². The van der Waals surface area contributed by atoms with Crippen LogP contribution >= 0.6 is 0 Å². The van der Waals surface area contributed by atoms with E-state index in [0.29, 0.717) is 6.42 Å². The highest BCUT2D eigenvalue weighted by atomic mass is 16.3. The summed E-state index contributed by atoms with van der Waals surface area (Å²) in [5, 5.41) is 20.2. The van der Waals surface area contributed by atoms with Crippen LogP contribution < -0.4 is 0 Å². The molecule has 1 heterocycles. The highest BCUT2D eigenvalue weighted by molar-refractivity contribution is 5.62. The maximum Gasteiger partial charge on any atom is 0.141 e. The van der Waals surface area contributed by atoms with Crippen molar-refractivity contribution in [2.75, 3.05) is 13.1 Å². The van der Waals surface area contributed by atoms with E-state index in [9.17, 15) is 15.0 Å². The van der Waals surface area contributed by atoms with Gasteiger partial charge in [-0.2, -0.15) is 0 Å². The van der Waals surface area contributed by atoms with Gasteiger partial charge >= 0.3 is 0 Å². The monoisotopic (exact) mass is 337 g/mol. The largest absolute Gasteiger partial charge is 0.508 e. The average Bonchev–Trinajstić information content (AvgIpc) is 2.54. The molecule has 1 unspecified atom stereocenters. The number of rotatable bonds is 5. The molecule has 130 valence electrons. The van der Waals surface area contributed by atoms with Crippen molar-refractivity contribution >= 4 is 6.29 Å². The average molecular weight is 337 g/mol. The number of nitrogens with zero attached hydrogens (tertiary/aromatic N) is 1. The fraction of sp³-hybridized carbons (Fsp3) is 0.381. The van der Waals surface area contributed by atoms with Crippen molar-refractivity contribution in [2.45, 2.75) is 30.9 Å². The Morgan fingerprint density at radius 3 is 2.28 bits per heavy atom. The first kappa shape index (κ1) is 16.3. The summed E-state index contributed by atoms with van der Waals surface area (Å²) in [7, 11) is 0. The molecule has 1 spiro atoms. The van der Waals surface area contributed by atoms with Crippen molar-refractivity contribution in [2.24, 2.45) is 5.41 Å². The summed E-state index contributed by atoms with van der Waals surface area (Å²) in [6, 6.07) is 16.7. The standard InChI is InChI=1S/C21H23NO3/c23-11-19(17-6-8-18(24)9-7-17)22-14-20(15-22)12-21(25,13-20)10-16-4-2-1-3-5-16/h1-9,11,19,24-25H,10,12-15H2. The van der Waals surface area contributed by atoms with Crippen LogP contribution in [0.25, 0.3) is 0 Å². The van der Waals surface area contributed by atoms with Gasteiger partial charge in [-0.25, -0.2) is 0 Å². The first-order valence-corrected chi connectivity index (χ1v) is 8.76. The molecule has 25 heavy (non-hydrogen) atoms. The number of carbonyl (C=O) groups is 1. The lowest BCUT2D eigenvalue weighted by atomic mass is 9.53. The molecule has 1 saturated carbocycles. The van der Waals surface area contributed by atoms with Crippen molar-refractivity contribution in [1.29, 1.82) is 0 Å². The lowest BCUT2D eigenvalue weighted by molar-refractivity contribution is -0.196. The number of hydrogen-bond donors (Lipinski definition) is 2. The molecule has 1 aliphatic heterocycles. The van der Waals surface area contributed by atoms with Crippen molar-refractivity contribution < 1.29 is 15.0 Å². The number of benzene rings is 2. The van der Waals surface area contributed by atoms with Crippen molar-refractivity contribution in [3.8, 4) is 5.75 Å². The summed E-state index contributed by atoms with van der Waals surface area (Å²) in [4.78, 5) is 13.7. The lowest BCUT2D eigenvalue weighted by Gasteiger charge is -2.63. The quantitative estimate of drug-likeness (QED) is 0.824. The summed E-state index contributed by atoms with van der Waals surface area (Å²) >= 11 is 0. The number of aromatic hydroxyl groups is 1. The molecular weight excluding hydrogens is 314 g/mol. The zero-order chi connectivity index (χ0) is 17.5. The Hall–Kier alpha value is -2.17. The highest BCUT2D eigenvalue weighted by Crippen LogP contribution is 2.56. The molecule has 1 saturated heterocycles. The summed E-state index contributed by atoms with van der Waals surface area (Å²) < 4.78 is 0. The van der Waals surface area contributed by atoms with E-state index in [1.165, 1.54) is 5.56 Å². The fourth-order valence-electron chi connectivity index (χ4n) is 4.73. The molecule has 4 nitrogen and oxygen atoms in total. The Morgan fingerprint density at radius 1 is 1.04 bits per heavy atom. The van der Waals surface area contributed by atoms with Crippen molar-refractivity contribution in [3.05, 3.63) is 65.7 Å².